The Labute approximate surface area is 111 Å². The van der Waals surface area contributed by atoms with Gasteiger partial charge in [0.25, 0.3) is 0 Å². The molecule has 1 heterocycles. The van der Waals surface area contributed by atoms with Crippen molar-refractivity contribution in [2.45, 2.75) is 12.8 Å². The fourth-order valence-corrected chi connectivity index (χ4v) is 1.97. The average molecular weight is 313 g/mol. The summed E-state index contributed by atoms with van der Waals surface area (Å²) in [5, 5.41) is 12.9. The molecule has 2 aromatic rings. The zero-order valence-electron chi connectivity index (χ0n) is 9.47. The molecule has 1 unspecified atom stereocenters. The van der Waals surface area contributed by atoms with Crippen LogP contribution >= 0.6 is 15.9 Å². The van der Waals surface area contributed by atoms with Gasteiger partial charge in [0.15, 0.2) is 0 Å². The van der Waals surface area contributed by atoms with Crippen LogP contribution in [0.2, 0.25) is 0 Å². The first-order valence-electron chi connectivity index (χ1n) is 5.21. The number of nitrogens with zero attached hydrogens (tertiary/aromatic N) is 2. The number of hydrogen-bond acceptors (Lipinski definition) is 2. The lowest BCUT2D eigenvalue weighted by atomic mass is 10.1. The molecule has 1 aromatic carbocycles. The Balaban J connectivity index is 2.37. The van der Waals surface area contributed by atoms with Crippen LogP contribution in [0.3, 0.4) is 0 Å². The van der Waals surface area contributed by atoms with Gasteiger partial charge < -0.3 is 5.11 Å². The topological polar surface area (TPSA) is 55.1 Å². The highest BCUT2D eigenvalue weighted by atomic mass is 79.9. The van der Waals surface area contributed by atoms with E-state index in [2.05, 4.69) is 21.0 Å². The van der Waals surface area contributed by atoms with Crippen molar-refractivity contribution >= 4 is 21.9 Å². The Kier molecular flexibility index (Phi) is 3.47. The van der Waals surface area contributed by atoms with Crippen molar-refractivity contribution in [2.24, 2.45) is 0 Å². The van der Waals surface area contributed by atoms with Gasteiger partial charge in [0, 0.05) is 16.2 Å². The van der Waals surface area contributed by atoms with E-state index < -0.39 is 11.9 Å². The SMILES string of the molecule is CC(C(=O)O)c1cnn(-c2cc(F)cc(Br)c2)c1. The number of aromatic nitrogens is 2. The van der Waals surface area contributed by atoms with Gasteiger partial charge in [-0.25, -0.2) is 9.07 Å². The first-order valence-corrected chi connectivity index (χ1v) is 6.00. The first kappa shape index (κ1) is 12.8. The summed E-state index contributed by atoms with van der Waals surface area (Å²) >= 11 is 3.19. The second-order valence-electron chi connectivity index (χ2n) is 3.91. The Hall–Kier alpha value is -1.69. The second kappa shape index (κ2) is 4.89. The molecule has 1 aromatic heterocycles. The number of rotatable bonds is 3. The third-order valence-corrected chi connectivity index (χ3v) is 3.04. The van der Waals surface area contributed by atoms with Crippen molar-refractivity contribution in [3.8, 4) is 5.69 Å². The van der Waals surface area contributed by atoms with Crippen molar-refractivity contribution in [1.29, 1.82) is 0 Å². The molecule has 94 valence electrons. The molecule has 0 aliphatic heterocycles. The average Bonchev–Trinajstić information content (AvgIpc) is 2.75. The molecule has 0 saturated carbocycles. The lowest BCUT2D eigenvalue weighted by Crippen LogP contribution is -2.06. The van der Waals surface area contributed by atoms with Crippen LogP contribution in [0, 0.1) is 5.82 Å². The van der Waals surface area contributed by atoms with E-state index in [0.717, 1.165) is 0 Å². The van der Waals surface area contributed by atoms with Gasteiger partial charge in [0.2, 0.25) is 0 Å². The van der Waals surface area contributed by atoms with E-state index in [-0.39, 0.29) is 5.82 Å². The number of carboxylic acids is 1. The van der Waals surface area contributed by atoms with E-state index in [1.54, 1.807) is 19.2 Å². The Morgan fingerprint density at radius 1 is 1.50 bits per heavy atom. The number of carbonyl (C=O) groups is 1. The summed E-state index contributed by atoms with van der Waals surface area (Å²) in [4.78, 5) is 10.8. The minimum Gasteiger partial charge on any atom is -0.481 e. The van der Waals surface area contributed by atoms with E-state index >= 15 is 0 Å². The molecule has 0 amide bonds. The third kappa shape index (κ3) is 2.59. The standard InChI is InChI=1S/C12H10BrFN2O2/c1-7(12(17)18)8-5-15-16(6-8)11-3-9(13)2-10(14)4-11/h2-7H,1H3,(H,17,18). The van der Waals surface area contributed by atoms with Crippen LogP contribution in [0.25, 0.3) is 5.69 Å². The monoisotopic (exact) mass is 312 g/mol. The highest BCUT2D eigenvalue weighted by Gasteiger charge is 2.16. The molecular weight excluding hydrogens is 303 g/mol. The summed E-state index contributed by atoms with van der Waals surface area (Å²) < 4.78 is 15.3. The number of aliphatic carboxylic acids is 1. The highest BCUT2D eigenvalue weighted by Crippen LogP contribution is 2.20. The maximum atomic E-state index is 13.2. The van der Waals surface area contributed by atoms with E-state index in [0.29, 0.717) is 15.7 Å². The Morgan fingerprint density at radius 2 is 2.22 bits per heavy atom. The fourth-order valence-electron chi connectivity index (χ4n) is 1.52. The summed E-state index contributed by atoms with van der Waals surface area (Å²) in [6.45, 7) is 1.57. The molecule has 2 rings (SSSR count). The van der Waals surface area contributed by atoms with E-state index in [4.69, 9.17) is 5.11 Å². The van der Waals surface area contributed by atoms with Gasteiger partial charge in [0.05, 0.1) is 17.8 Å². The molecule has 1 N–H and O–H groups in total. The van der Waals surface area contributed by atoms with Gasteiger partial charge in [-0.15, -0.1) is 0 Å². The van der Waals surface area contributed by atoms with Gasteiger partial charge in [-0.1, -0.05) is 15.9 Å². The third-order valence-electron chi connectivity index (χ3n) is 2.58. The second-order valence-corrected chi connectivity index (χ2v) is 4.82. The van der Waals surface area contributed by atoms with Gasteiger partial charge in [-0.05, 0) is 25.1 Å². The number of benzene rings is 1. The quantitative estimate of drug-likeness (QED) is 0.948. The first-order chi connectivity index (χ1) is 8.47. The molecule has 0 radical (unpaired) electrons. The Bertz CT molecular complexity index is 577. The summed E-state index contributed by atoms with van der Waals surface area (Å²) in [5.41, 5.74) is 1.11. The van der Waals surface area contributed by atoms with Crippen molar-refractivity contribution in [1.82, 2.24) is 9.78 Å². The van der Waals surface area contributed by atoms with E-state index in [1.165, 1.54) is 23.0 Å². The van der Waals surface area contributed by atoms with Crippen LogP contribution in [-0.2, 0) is 4.79 Å². The van der Waals surface area contributed by atoms with Crippen molar-refractivity contribution in [3.05, 3.63) is 46.4 Å². The maximum absolute atomic E-state index is 13.2. The van der Waals surface area contributed by atoms with Crippen LogP contribution in [0.15, 0.2) is 35.1 Å². The predicted octanol–water partition coefficient (Wildman–Crippen LogP) is 2.96. The summed E-state index contributed by atoms with van der Waals surface area (Å²) in [6.07, 6.45) is 3.05. The lowest BCUT2D eigenvalue weighted by Gasteiger charge is -2.03. The molecule has 18 heavy (non-hydrogen) atoms. The zero-order valence-corrected chi connectivity index (χ0v) is 11.1. The maximum Gasteiger partial charge on any atom is 0.310 e. The van der Waals surface area contributed by atoms with Crippen LogP contribution in [0.5, 0.6) is 0 Å². The minimum atomic E-state index is -0.921. The van der Waals surface area contributed by atoms with Crippen molar-refractivity contribution in [2.75, 3.05) is 0 Å². The van der Waals surface area contributed by atoms with Crippen molar-refractivity contribution < 1.29 is 14.3 Å². The van der Waals surface area contributed by atoms with Gasteiger partial charge >= 0.3 is 5.97 Å². The van der Waals surface area contributed by atoms with Crippen molar-refractivity contribution in [3.63, 3.8) is 0 Å². The number of carboxylic acid groups (broad SMARTS) is 1. The van der Waals surface area contributed by atoms with E-state index in [9.17, 15) is 9.18 Å². The number of hydrogen-bond donors (Lipinski definition) is 1. The molecule has 6 heteroatoms. The van der Waals surface area contributed by atoms with E-state index in [1.807, 2.05) is 0 Å². The molecule has 4 nitrogen and oxygen atoms in total. The Morgan fingerprint density at radius 3 is 2.83 bits per heavy atom. The smallest absolute Gasteiger partial charge is 0.310 e. The number of halogens is 2. The fraction of sp³-hybridized carbons (Fsp3) is 0.167. The van der Waals surface area contributed by atoms with Gasteiger partial charge in [0.1, 0.15) is 5.82 Å². The molecule has 0 aliphatic carbocycles. The molecule has 0 fully saturated rings. The largest absolute Gasteiger partial charge is 0.481 e. The predicted molar refractivity (Wildman–Crippen MR) is 67.3 cm³/mol. The van der Waals surface area contributed by atoms with Crippen LogP contribution in [-0.4, -0.2) is 20.9 Å². The highest BCUT2D eigenvalue weighted by molar-refractivity contribution is 9.10. The molecular formula is C12H10BrFN2O2. The molecule has 0 saturated heterocycles. The summed E-state index contributed by atoms with van der Waals surface area (Å²) in [7, 11) is 0. The summed E-state index contributed by atoms with van der Waals surface area (Å²) in [6, 6.07) is 4.37. The minimum absolute atomic E-state index is 0.386. The normalized spacial score (nSPS) is 12.4. The molecule has 0 spiro atoms. The van der Waals surface area contributed by atoms with Gasteiger partial charge in [-0.3, -0.25) is 4.79 Å². The van der Waals surface area contributed by atoms with Crippen LogP contribution in [0.4, 0.5) is 4.39 Å². The lowest BCUT2D eigenvalue weighted by molar-refractivity contribution is -0.138. The molecule has 1 atom stereocenters. The van der Waals surface area contributed by atoms with Crippen LogP contribution < -0.4 is 0 Å². The van der Waals surface area contributed by atoms with Gasteiger partial charge in [-0.2, -0.15) is 5.10 Å². The molecule has 0 aliphatic rings. The summed E-state index contributed by atoms with van der Waals surface area (Å²) in [5.74, 6) is -1.95. The molecule has 0 bridgehead atoms. The van der Waals surface area contributed by atoms with Crippen LogP contribution in [0.1, 0.15) is 18.4 Å². The zero-order chi connectivity index (χ0) is 13.3.